The third kappa shape index (κ3) is 4.04. The minimum absolute atomic E-state index is 0.0432. The Morgan fingerprint density at radius 2 is 1.74 bits per heavy atom. The molecule has 0 atom stereocenters. The lowest BCUT2D eigenvalue weighted by molar-refractivity contribution is -0.384. The van der Waals surface area contributed by atoms with E-state index in [9.17, 15) is 15.2 Å². The van der Waals surface area contributed by atoms with Crippen LogP contribution in [0.3, 0.4) is 0 Å². The van der Waals surface area contributed by atoms with Crippen LogP contribution in [0.1, 0.15) is 26.3 Å². The van der Waals surface area contributed by atoms with Crippen molar-refractivity contribution in [3.8, 4) is 5.75 Å². The van der Waals surface area contributed by atoms with Gasteiger partial charge in [-0.15, -0.1) is 10.2 Å². The summed E-state index contributed by atoms with van der Waals surface area (Å²) in [6.07, 6.45) is 0. The van der Waals surface area contributed by atoms with E-state index in [1.54, 1.807) is 12.1 Å². The number of phenols is 1. The second-order valence-electron chi connectivity index (χ2n) is 6.04. The lowest BCUT2D eigenvalue weighted by Gasteiger charge is -2.19. The van der Waals surface area contributed by atoms with Crippen LogP contribution in [0.25, 0.3) is 0 Å². The van der Waals surface area contributed by atoms with Gasteiger partial charge >= 0.3 is 0 Å². The Bertz CT molecular complexity index is 783. The number of nitro groups is 1. The minimum atomic E-state index is -0.578. The summed E-state index contributed by atoms with van der Waals surface area (Å²) in [4.78, 5) is 10.5. The average molecular weight is 334 g/mol. The van der Waals surface area contributed by atoms with Gasteiger partial charge in [-0.3, -0.25) is 10.1 Å². The first-order valence-electron chi connectivity index (χ1n) is 6.87. The summed E-state index contributed by atoms with van der Waals surface area (Å²) in [6.45, 7) is 6.10. The molecule has 23 heavy (non-hydrogen) atoms. The molecule has 0 spiro atoms. The van der Waals surface area contributed by atoms with E-state index < -0.39 is 4.92 Å². The van der Waals surface area contributed by atoms with Gasteiger partial charge in [-0.05, 0) is 35.2 Å². The number of hydrogen-bond acceptors (Lipinski definition) is 5. The number of azo groups is 1. The van der Waals surface area contributed by atoms with Crippen LogP contribution in [0, 0.1) is 10.1 Å². The van der Waals surface area contributed by atoms with Crippen LogP contribution in [-0.4, -0.2) is 10.0 Å². The molecule has 0 heterocycles. The first-order valence-corrected chi connectivity index (χ1v) is 7.25. The lowest BCUT2D eigenvalue weighted by Crippen LogP contribution is -2.10. The second kappa shape index (κ2) is 6.34. The van der Waals surface area contributed by atoms with Crippen LogP contribution in [0.5, 0.6) is 5.75 Å². The first kappa shape index (κ1) is 16.9. The Hall–Kier alpha value is -2.47. The molecule has 1 N–H and O–H groups in total. The summed E-state index contributed by atoms with van der Waals surface area (Å²) >= 11 is 5.76. The predicted molar refractivity (Wildman–Crippen MR) is 89.1 cm³/mol. The van der Waals surface area contributed by atoms with Gasteiger partial charge in [0, 0.05) is 11.1 Å². The zero-order chi connectivity index (χ0) is 17.2. The second-order valence-corrected chi connectivity index (χ2v) is 6.48. The van der Waals surface area contributed by atoms with Gasteiger partial charge in [0.1, 0.15) is 11.4 Å². The Labute approximate surface area is 138 Å². The normalized spacial score (nSPS) is 11.8. The molecule has 2 rings (SSSR count). The minimum Gasteiger partial charge on any atom is -0.506 e. The maximum Gasteiger partial charge on any atom is 0.298 e. The Kier molecular flexibility index (Phi) is 4.65. The summed E-state index contributed by atoms with van der Waals surface area (Å²) < 4.78 is 0. The third-order valence-electron chi connectivity index (χ3n) is 3.24. The van der Waals surface area contributed by atoms with E-state index in [0.717, 1.165) is 5.56 Å². The van der Waals surface area contributed by atoms with Crippen molar-refractivity contribution in [3.05, 3.63) is 57.1 Å². The zero-order valence-corrected chi connectivity index (χ0v) is 13.7. The number of nitro benzene ring substituents is 1. The van der Waals surface area contributed by atoms with Crippen molar-refractivity contribution in [1.82, 2.24) is 0 Å². The summed E-state index contributed by atoms with van der Waals surface area (Å²) in [7, 11) is 0. The van der Waals surface area contributed by atoms with Gasteiger partial charge in [-0.2, -0.15) is 0 Å². The van der Waals surface area contributed by atoms with E-state index >= 15 is 0 Å². The highest BCUT2D eigenvalue weighted by Gasteiger charge is 2.17. The lowest BCUT2D eigenvalue weighted by atomic mass is 9.87. The number of phenolic OH excluding ortho intramolecular Hbond substituents is 1. The highest BCUT2D eigenvalue weighted by Crippen LogP contribution is 2.36. The largest absolute Gasteiger partial charge is 0.506 e. The smallest absolute Gasteiger partial charge is 0.298 e. The van der Waals surface area contributed by atoms with Gasteiger partial charge in [-0.25, -0.2) is 0 Å². The number of nitrogens with zero attached hydrogens (tertiary/aromatic N) is 3. The molecule has 0 radical (unpaired) electrons. The zero-order valence-electron chi connectivity index (χ0n) is 12.9. The van der Waals surface area contributed by atoms with Crippen LogP contribution in [0.4, 0.5) is 17.1 Å². The van der Waals surface area contributed by atoms with E-state index in [4.69, 9.17) is 11.6 Å². The fourth-order valence-corrected chi connectivity index (χ4v) is 2.07. The number of rotatable bonds is 3. The van der Waals surface area contributed by atoms with E-state index in [2.05, 4.69) is 10.2 Å². The SMILES string of the molecule is CC(C)(C)c1ccc(O)c(N=Nc2ccc(Cl)cc2[N+](=O)[O-])c1. The van der Waals surface area contributed by atoms with Crippen molar-refractivity contribution < 1.29 is 10.0 Å². The molecule has 0 unspecified atom stereocenters. The van der Waals surface area contributed by atoms with Crippen LogP contribution < -0.4 is 0 Å². The molecular weight excluding hydrogens is 318 g/mol. The molecule has 6 nitrogen and oxygen atoms in total. The molecule has 0 saturated heterocycles. The van der Waals surface area contributed by atoms with Crippen molar-refractivity contribution in [1.29, 1.82) is 0 Å². The molecule has 120 valence electrons. The fraction of sp³-hybridized carbons (Fsp3) is 0.250. The monoisotopic (exact) mass is 333 g/mol. The third-order valence-corrected chi connectivity index (χ3v) is 3.48. The van der Waals surface area contributed by atoms with Crippen LogP contribution in [0.2, 0.25) is 5.02 Å². The van der Waals surface area contributed by atoms with E-state index in [0.29, 0.717) is 0 Å². The number of benzene rings is 2. The van der Waals surface area contributed by atoms with Crippen LogP contribution in [0.15, 0.2) is 46.6 Å². The Morgan fingerprint density at radius 1 is 1.09 bits per heavy atom. The van der Waals surface area contributed by atoms with E-state index in [-0.39, 0.29) is 33.2 Å². The fourth-order valence-electron chi connectivity index (χ4n) is 1.91. The molecule has 0 saturated carbocycles. The molecule has 0 aliphatic heterocycles. The quantitative estimate of drug-likeness (QED) is 0.446. The summed E-state index contributed by atoms with van der Waals surface area (Å²) in [5, 5.41) is 29.0. The van der Waals surface area contributed by atoms with Crippen molar-refractivity contribution in [2.45, 2.75) is 26.2 Å². The molecule has 0 bridgehead atoms. The van der Waals surface area contributed by atoms with Gasteiger partial charge < -0.3 is 5.11 Å². The molecule has 0 aliphatic rings. The average Bonchev–Trinajstić information content (AvgIpc) is 2.46. The number of halogens is 1. The standard InChI is InChI=1S/C16H16ClN3O3/c1-16(2,3)10-4-7-15(21)13(8-10)19-18-12-6-5-11(17)9-14(12)20(22)23/h4-9,21H,1-3H3. The molecular formula is C16H16ClN3O3. The van der Waals surface area contributed by atoms with Crippen molar-refractivity contribution in [3.63, 3.8) is 0 Å². The summed E-state index contributed by atoms with van der Waals surface area (Å²) in [5.41, 5.74) is 0.925. The van der Waals surface area contributed by atoms with Crippen molar-refractivity contribution in [2.75, 3.05) is 0 Å². The molecule has 0 fully saturated rings. The maximum atomic E-state index is 11.0. The molecule has 7 heteroatoms. The molecule has 2 aromatic carbocycles. The molecule has 0 aliphatic carbocycles. The predicted octanol–water partition coefficient (Wildman–Crippen LogP) is 5.67. The van der Waals surface area contributed by atoms with Gasteiger partial charge in [0.2, 0.25) is 0 Å². The van der Waals surface area contributed by atoms with E-state index in [1.165, 1.54) is 24.3 Å². The van der Waals surface area contributed by atoms with Crippen LogP contribution in [-0.2, 0) is 5.41 Å². The van der Waals surface area contributed by atoms with Gasteiger partial charge in [-0.1, -0.05) is 38.4 Å². The highest BCUT2D eigenvalue weighted by molar-refractivity contribution is 6.30. The Balaban J connectivity index is 2.43. The van der Waals surface area contributed by atoms with Crippen molar-refractivity contribution >= 4 is 28.7 Å². The maximum absolute atomic E-state index is 11.0. The van der Waals surface area contributed by atoms with Gasteiger partial charge in [0.25, 0.3) is 5.69 Å². The Morgan fingerprint density at radius 3 is 2.35 bits per heavy atom. The van der Waals surface area contributed by atoms with Gasteiger partial charge in [0.15, 0.2) is 5.69 Å². The topological polar surface area (TPSA) is 88.1 Å². The van der Waals surface area contributed by atoms with Gasteiger partial charge in [0.05, 0.1) is 4.92 Å². The summed E-state index contributed by atoms with van der Waals surface area (Å²) in [5.74, 6) is -0.0432. The molecule has 0 amide bonds. The molecule has 2 aromatic rings. The number of aromatic hydroxyl groups is 1. The van der Waals surface area contributed by atoms with E-state index in [1.807, 2.05) is 20.8 Å². The van der Waals surface area contributed by atoms with Crippen molar-refractivity contribution in [2.24, 2.45) is 10.2 Å². The van der Waals surface area contributed by atoms with Crippen LogP contribution >= 0.6 is 11.6 Å². The first-order chi connectivity index (χ1) is 10.7. The highest BCUT2D eigenvalue weighted by atomic mass is 35.5. The summed E-state index contributed by atoms with van der Waals surface area (Å²) in [6, 6.07) is 9.16. The number of hydrogen-bond donors (Lipinski definition) is 1. The molecule has 0 aromatic heterocycles.